The summed E-state index contributed by atoms with van der Waals surface area (Å²) in [6.45, 7) is 1.80. The Balaban J connectivity index is 2.04. The van der Waals surface area contributed by atoms with E-state index in [2.05, 4.69) is 10.3 Å². The maximum atomic E-state index is 9.36. The molecule has 2 N–H and O–H groups in total. The smallest absolute Gasteiger partial charge is 0.257 e. The lowest BCUT2D eigenvalue weighted by Crippen LogP contribution is -2.20. The third-order valence-corrected chi connectivity index (χ3v) is 2.04. The van der Waals surface area contributed by atoms with E-state index in [4.69, 9.17) is 4.74 Å². The second kappa shape index (κ2) is 3.62. The van der Waals surface area contributed by atoms with Crippen molar-refractivity contribution in [1.82, 2.24) is 10.3 Å². The van der Waals surface area contributed by atoms with Crippen LogP contribution in [0.15, 0.2) is 18.3 Å². The first-order valence-corrected chi connectivity index (χ1v) is 4.37. The first-order valence-electron chi connectivity index (χ1n) is 4.37. The topological polar surface area (TPSA) is 54.4 Å². The molecular formula is C9H12N2O2. The van der Waals surface area contributed by atoms with Crippen LogP contribution in [0.1, 0.15) is 6.42 Å². The minimum absolute atomic E-state index is 0.106. The van der Waals surface area contributed by atoms with Gasteiger partial charge in [0, 0.05) is 12.7 Å². The molecule has 1 saturated heterocycles. The number of aromatic hydroxyl groups is 1. The van der Waals surface area contributed by atoms with E-state index in [1.54, 1.807) is 18.3 Å². The highest BCUT2D eigenvalue weighted by molar-refractivity contribution is 5.30. The van der Waals surface area contributed by atoms with E-state index < -0.39 is 0 Å². The molecule has 0 amide bonds. The second-order valence-corrected chi connectivity index (χ2v) is 3.06. The Morgan fingerprint density at radius 3 is 3.23 bits per heavy atom. The van der Waals surface area contributed by atoms with Crippen LogP contribution in [-0.2, 0) is 0 Å². The number of hydrogen-bond acceptors (Lipinski definition) is 4. The average molecular weight is 180 g/mol. The van der Waals surface area contributed by atoms with Crippen LogP contribution >= 0.6 is 0 Å². The van der Waals surface area contributed by atoms with Crippen LogP contribution in [0, 0.1) is 0 Å². The number of ether oxygens (including phenoxy) is 1. The molecule has 4 nitrogen and oxygen atoms in total. The first-order chi connectivity index (χ1) is 6.36. The highest BCUT2D eigenvalue weighted by Crippen LogP contribution is 2.23. The van der Waals surface area contributed by atoms with Crippen molar-refractivity contribution in [3.05, 3.63) is 18.3 Å². The summed E-state index contributed by atoms with van der Waals surface area (Å²) in [6, 6.07) is 3.25. The molecule has 4 heteroatoms. The van der Waals surface area contributed by atoms with Crippen LogP contribution in [0.25, 0.3) is 0 Å². The van der Waals surface area contributed by atoms with Crippen molar-refractivity contribution < 1.29 is 9.84 Å². The Kier molecular flexibility index (Phi) is 2.31. The molecule has 1 atom stereocenters. The van der Waals surface area contributed by atoms with Gasteiger partial charge >= 0.3 is 0 Å². The normalized spacial score (nSPS) is 21.7. The van der Waals surface area contributed by atoms with Crippen LogP contribution in [-0.4, -0.2) is 29.3 Å². The van der Waals surface area contributed by atoms with Gasteiger partial charge in [-0.3, -0.25) is 0 Å². The zero-order chi connectivity index (χ0) is 9.10. The quantitative estimate of drug-likeness (QED) is 0.697. The molecule has 13 heavy (non-hydrogen) atoms. The summed E-state index contributed by atoms with van der Waals surface area (Å²) in [4.78, 5) is 3.94. The summed E-state index contributed by atoms with van der Waals surface area (Å²) < 4.78 is 5.48. The van der Waals surface area contributed by atoms with Crippen LogP contribution in [0.2, 0.25) is 0 Å². The lowest BCUT2D eigenvalue weighted by atomic mass is 10.3. The van der Waals surface area contributed by atoms with E-state index in [1.165, 1.54) is 0 Å². The summed E-state index contributed by atoms with van der Waals surface area (Å²) in [7, 11) is 0. The van der Waals surface area contributed by atoms with Gasteiger partial charge in [-0.05, 0) is 25.1 Å². The van der Waals surface area contributed by atoms with Gasteiger partial charge in [-0.15, -0.1) is 0 Å². The second-order valence-electron chi connectivity index (χ2n) is 3.06. The van der Waals surface area contributed by atoms with Gasteiger partial charge in [-0.25, -0.2) is 4.98 Å². The summed E-state index contributed by atoms with van der Waals surface area (Å²) >= 11 is 0. The maximum Gasteiger partial charge on any atom is 0.257 e. The van der Waals surface area contributed by atoms with Gasteiger partial charge in [0.25, 0.3) is 5.88 Å². The van der Waals surface area contributed by atoms with E-state index in [0.29, 0.717) is 5.88 Å². The molecule has 0 aromatic carbocycles. The van der Waals surface area contributed by atoms with Crippen LogP contribution in [0.5, 0.6) is 11.6 Å². The molecule has 0 bridgehead atoms. The van der Waals surface area contributed by atoms with Gasteiger partial charge < -0.3 is 15.2 Å². The average Bonchev–Trinajstić information content (AvgIpc) is 2.61. The Morgan fingerprint density at radius 2 is 2.54 bits per heavy atom. The van der Waals surface area contributed by atoms with Crippen molar-refractivity contribution in [2.75, 3.05) is 13.1 Å². The van der Waals surface area contributed by atoms with Gasteiger partial charge in [0.1, 0.15) is 6.10 Å². The Hall–Kier alpha value is -1.29. The first kappa shape index (κ1) is 8.31. The highest BCUT2D eigenvalue weighted by Gasteiger charge is 2.17. The van der Waals surface area contributed by atoms with Gasteiger partial charge in [-0.1, -0.05) is 0 Å². The molecule has 1 aliphatic heterocycles. The fourth-order valence-electron chi connectivity index (χ4n) is 1.36. The van der Waals surface area contributed by atoms with E-state index in [-0.39, 0.29) is 11.9 Å². The number of aromatic nitrogens is 1. The van der Waals surface area contributed by atoms with E-state index in [1.807, 2.05) is 0 Å². The molecular weight excluding hydrogens is 168 g/mol. The van der Waals surface area contributed by atoms with Gasteiger partial charge in [-0.2, -0.15) is 0 Å². The number of hydrogen-bond donors (Lipinski definition) is 2. The lowest BCUT2D eigenvalue weighted by Gasteiger charge is -2.11. The molecule has 0 aliphatic carbocycles. The SMILES string of the molecule is Oc1cccnc1OC1CCNC1. The minimum atomic E-state index is 0.106. The Morgan fingerprint density at radius 1 is 1.62 bits per heavy atom. The lowest BCUT2D eigenvalue weighted by molar-refractivity contribution is 0.204. The summed E-state index contributed by atoms with van der Waals surface area (Å²) in [5, 5.41) is 12.5. The fraction of sp³-hybridized carbons (Fsp3) is 0.444. The van der Waals surface area contributed by atoms with Crippen molar-refractivity contribution in [3.8, 4) is 11.6 Å². The number of pyridine rings is 1. The molecule has 2 rings (SSSR count). The van der Waals surface area contributed by atoms with E-state index >= 15 is 0 Å². The molecule has 1 fully saturated rings. The predicted molar refractivity (Wildman–Crippen MR) is 47.8 cm³/mol. The van der Waals surface area contributed by atoms with Crippen molar-refractivity contribution in [2.45, 2.75) is 12.5 Å². The number of nitrogens with one attached hydrogen (secondary N) is 1. The van der Waals surface area contributed by atoms with Crippen LogP contribution in [0.3, 0.4) is 0 Å². The zero-order valence-electron chi connectivity index (χ0n) is 7.23. The zero-order valence-corrected chi connectivity index (χ0v) is 7.23. The molecule has 1 unspecified atom stereocenters. The molecule has 0 spiro atoms. The maximum absolute atomic E-state index is 9.36. The molecule has 0 radical (unpaired) electrons. The van der Waals surface area contributed by atoms with Crippen LogP contribution < -0.4 is 10.1 Å². The molecule has 1 aromatic rings. The third-order valence-electron chi connectivity index (χ3n) is 2.04. The summed E-state index contributed by atoms with van der Waals surface area (Å²) in [5.41, 5.74) is 0. The predicted octanol–water partition coefficient (Wildman–Crippen LogP) is 0.528. The third kappa shape index (κ3) is 1.89. The van der Waals surface area contributed by atoms with Crippen molar-refractivity contribution in [1.29, 1.82) is 0 Å². The monoisotopic (exact) mass is 180 g/mol. The minimum Gasteiger partial charge on any atom is -0.503 e. The van der Waals surface area contributed by atoms with Crippen molar-refractivity contribution in [2.24, 2.45) is 0 Å². The molecule has 0 saturated carbocycles. The molecule has 1 aromatic heterocycles. The number of rotatable bonds is 2. The summed E-state index contributed by atoms with van der Waals surface area (Å²) in [6.07, 6.45) is 2.72. The van der Waals surface area contributed by atoms with Crippen molar-refractivity contribution in [3.63, 3.8) is 0 Å². The highest BCUT2D eigenvalue weighted by atomic mass is 16.5. The Bertz CT molecular complexity index is 285. The number of nitrogens with zero attached hydrogens (tertiary/aromatic N) is 1. The fourth-order valence-corrected chi connectivity index (χ4v) is 1.36. The standard InChI is InChI=1S/C9H12N2O2/c12-8-2-1-4-11-9(8)13-7-3-5-10-6-7/h1-2,4,7,10,12H,3,5-6H2. The van der Waals surface area contributed by atoms with E-state index in [0.717, 1.165) is 19.5 Å². The van der Waals surface area contributed by atoms with Gasteiger partial charge in [0.2, 0.25) is 0 Å². The van der Waals surface area contributed by atoms with Gasteiger partial charge in [0.15, 0.2) is 5.75 Å². The Labute approximate surface area is 76.6 Å². The largest absolute Gasteiger partial charge is 0.503 e. The van der Waals surface area contributed by atoms with Crippen LogP contribution in [0.4, 0.5) is 0 Å². The molecule has 2 heterocycles. The van der Waals surface area contributed by atoms with Crippen molar-refractivity contribution >= 4 is 0 Å². The molecule has 1 aliphatic rings. The molecule has 70 valence electrons. The summed E-state index contributed by atoms with van der Waals surface area (Å²) in [5.74, 6) is 0.436. The van der Waals surface area contributed by atoms with Gasteiger partial charge in [0.05, 0.1) is 0 Å². The van der Waals surface area contributed by atoms with E-state index in [9.17, 15) is 5.11 Å².